The summed E-state index contributed by atoms with van der Waals surface area (Å²) in [5.41, 5.74) is 1.06. The van der Waals surface area contributed by atoms with E-state index in [2.05, 4.69) is 24.8 Å². The third-order valence-electron chi connectivity index (χ3n) is 2.96. The van der Waals surface area contributed by atoms with Gasteiger partial charge in [-0.05, 0) is 16.8 Å². The molecule has 0 saturated carbocycles. The Morgan fingerprint density at radius 2 is 2.12 bits per heavy atom. The molecule has 0 amide bonds. The van der Waals surface area contributed by atoms with Gasteiger partial charge in [-0.15, -0.1) is 0 Å². The number of ether oxygens (including phenoxy) is 2. The van der Waals surface area contributed by atoms with Crippen molar-refractivity contribution in [2.24, 2.45) is 0 Å². The van der Waals surface area contributed by atoms with E-state index in [0.29, 0.717) is 6.61 Å². The van der Waals surface area contributed by atoms with Crippen LogP contribution < -0.4 is 4.74 Å². The molecule has 1 heterocycles. The maximum absolute atomic E-state index is 5.76. The Hall–Kier alpha value is -1.80. The molecule has 17 heavy (non-hydrogen) atoms. The van der Waals surface area contributed by atoms with Gasteiger partial charge in [0.2, 0.25) is 0 Å². The highest BCUT2D eigenvalue weighted by atomic mass is 16.6. The Kier molecular flexibility index (Phi) is 2.57. The zero-order valence-electron chi connectivity index (χ0n) is 9.56. The first-order valence-corrected chi connectivity index (χ1v) is 5.77. The first-order chi connectivity index (χ1) is 8.38. The summed E-state index contributed by atoms with van der Waals surface area (Å²) in [4.78, 5) is 0. The van der Waals surface area contributed by atoms with Crippen LogP contribution >= 0.6 is 0 Å². The summed E-state index contributed by atoms with van der Waals surface area (Å²) in [6.07, 6.45) is 2.13. The van der Waals surface area contributed by atoms with Crippen molar-refractivity contribution in [3.63, 3.8) is 0 Å². The molecule has 1 unspecified atom stereocenters. The summed E-state index contributed by atoms with van der Waals surface area (Å²) < 4.78 is 10.9. The van der Waals surface area contributed by atoms with E-state index >= 15 is 0 Å². The Bertz CT molecular complexity index is 556. The second-order valence-electron chi connectivity index (χ2n) is 4.17. The van der Waals surface area contributed by atoms with Crippen molar-refractivity contribution in [1.82, 2.24) is 0 Å². The van der Waals surface area contributed by atoms with Crippen molar-refractivity contribution in [3.05, 3.63) is 48.5 Å². The maximum atomic E-state index is 5.76. The van der Waals surface area contributed by atoms with Crippen LogP contribution in [0.2, 0.25) is 0 Å². The fraction of sp³-hybridized carbons (Fsp3) is 0.200. The Morgan fingerprint density at radius 1 is 1.29 bits per heavy atom. The summed E-state index contributed by atoms with van der Waals surface area (Å²) in [5.74, 6) is 0.884. The van der Waals surface area contributed by atoms with Gasteiger partial charge < -0.3 is 9.47 Å². The molecule has 2 aromatic carbocycles. The third kappa shape index (κ3) is 2.04. The van der Waals surface area contributed by atoms with Gasteiger partial charge in [0.25, 0.3) is 0 Å². The SMILES string of the molecule is C=Cc1c(OCC2CO2)ccc2ccccc12. The van der Waals surface area contributed by atoms with Crippen LogP contribution in [-0.4, -0.2) is 19.3 Å². The monoisotopic (exact) mass is 226 g/mol. The predicted octanol–water partition coefficient (Wildman–Crippen LogP) is 3.26. The molecule has 0 N–H and O–H groups in total. The van der Waals surface area contributed by atoms with E-state index < -0.39 is 0 Å². The number of epoxide rings is 1. The highest BCUT2D eigenvalue weighted by Gasteiger charge is 2.23. The maximum Gasteiger partial charge on any atom is 0.127 e. The van der Waals surface area contributed by atoms with Crippen LogP contribution in [0.4, 0.5) is 0 Å². The minimum absolute atomic E-state index is 0.277. The van der Waals surface area contributed by atoms with E-state index in [-0.39, 0.29) is 6.10 Å². The average molecular weight is 226 g/mol. The van der Waals surface area contributed by atoms with Crippen LogP contribution in [0.3, 0.4) is 0 Å². The third-order valence-corrected chi connectivity index (χ3v) is 2.96. The first-order valence-electron chi connectivity index (χ1n) is 5.77. The number of rotatable bonds is 4. The molecular formula is C15H14O2. The first kappa shape index (κ1) is 10.4. The topological polar surface area (TPSA) is 21.8 Å². The Labute approximate surface area is 100 Å². The van der Waals surface area contributed by atoms with Gasteiger partial charge in [0.15, 0.2) is 0 Å². The largest absolute Gasteiger partial charge is 0.490 e. The lowest BCUT2D eigenvalue weighted by atomic mass is 10.0. The van der Waals surface area contributed by atoms with E-state index in [1.165, 1.54) is 10.8 Å². The lowest BCUT2D eigenvalue weighted by Gasteiger charge is -2.10. The zero-order chi connectivity index (χ0) is 11.7. The summed E-state index contributed by atoms with van der Waals surface area (Å²) in [7, 11) is 0. The lowest BCUT2D eigenvalue weighted by Crippen LogP contribution is -2.05. The highest BCUT2D eigenvalue weighted by molar-refractivity contribution is 5.92. The van der Waals surface area contributed by atoms with Gasteiger partial charge in [-0.25, -0.2) is 0 Å². The van der Waals surface area contributed by atoms with Crippen molar-refractivity contribution in [3.8, 4) is 5.75 Å². The number of hydrogen-bond donors (Lipinski definition) is 0. The molecule has 0 radical (unpaired) electrons. The standard InChI is InChI=1S/C15H14O2/c1-2-13-14-6-4-3-5-11(14)7-8-15(13)17-10-12-9-16-12/h2-8,12H,1,9-10H2. The molecule has 0 bridgehead atoms. The minimum Gasteiger partial charge on any atom is -0.490 e. The fourth-order valence-corrected chi connectivity index (χ4v) is 1.96. The molecular weight excluding hydrogens is 212 g/mol. The second-order valence-corrected chi connectivity index (χ2v) is 4.17. The van der Waals surface area contributed by atoms with Gasteiger partial charge in [-0.1, -0.05) is 43.0 Å². The van der Waals surface area contributed by atoms with Crippen molar-refractivity contribution in [2.45, 2.75) is 6.10 Å². The van der Waals surface area contributed by atoms with Crippen LogP contribution in [-0.2, 0) is 4.74 Å². The molecule has 1 saturated heterocycles. The van der Waals surface area contributed by atoms with Crippen LogP contribution in [0.1, 0.15) is 5.56 Å². The van der Waals surface area contributed by atoms with Gasteiger partial charge in [-0.3, -0.25) is 0 Å². The molecule has 0 aliphatic carbocycles. The number of fused-ring (bicyclic) bond motifs is 1. The highest BCUT2D eigenvalue weighted by Crippen LogP contribution is 2.29. The smallest absolute Gasteiger partial charge is 0.127 e. The normalized spacial score (nSPS) is 18.0. The molecule has 86 valence electrons. The van der Waals surface area contributed by atoms with E-state index in [1.807, 2.05) is 24.3 Å². The quantitative estimate of drug-likeness (QED) is 0.746. The van der Waals surface area contributed by atoms with E-state index in [0.717, 1.165) is 17.9 Å². The number of benzene rings is 2. The van der Waals surface area contributed by atoms with Crippen LogP contribution in [0.5, 0.6) is 5.75 Å². The Morgan fingerprint density at radius 3 is 2.88 bits per heavy atom. The molecule has 1 atom stereocenters. The van der Waals surface area contributed by atoms with Crippen LogP contribution in [0.25, 0.3) is 16.8 Å². The summed E-state index contributed by atoms with van der Waals surface area (Å²) in [6.45, 7) is 5.31. The average Bonchev–Trinajstić information content (AvgIpc) is 3.19. The minimum atomic E-state index is 0.277. The molecule has 1 aliphatic rings. The van der Waals surface area contributed by atoms with Gasteiger partial charge in [0.1, 0.15) is 18.5 Å². The van der Waals surface area contributed by atoms with Crippen molar-refractivity contribution >= 4 is 16.8 Å². The van der Waals surface area contributed by atoms with Gasteiger partial charge in [0, 0.05) is 5.56 Å². The van der Waals surface area contributed by atoms with E-state index in [9.17, 15) is 0 Å². The van der Waals surface area contributed by atoms with Crippen LogP contribution in [0, 0.1) is 0 Å². The predicted molar refractivity (Wildman–Crippen MR) is 69.3 cm³/mol. The van der Waals surface area contributed by atoms with E-state index in [1.54, 1.807) is 0 Å². The Balaban J connectivity index is 2.01. The second kappa shape index (κ2) is 4.22. The molecule has 2 nitrogen and oxygen atoms in total. The summed E-state index contributed by atoms with van der Waals surface area (Å²) >= 11 is 0. The summed E-state index contributed by atoms with van der Waals surface area (Å²) in [5, 5.41) is 2.38. The van der Waals surface area contributed by atoms with E-state index in [4.69, 9.17) is 9.47 Å². The van der Waals surface area contributed by atoms with Gasteiger partial charge in [0.05, 0.1) is 6.61 Å². The zero-order valence-corrected chi connectivity index (χ0v) is 9.56. The summed E-state index contributed by atoms with van der Waals surface area (Å²) in [6, 6.07) is 12.3. The molecule has 1 fully saturated rings. The molecule has 0 spiro atoms. The molecule has 0 aromatic heterocycles. The van der Waals surface area contributed by atoms with Crippen molar-refractivity contribution in [2.75, 3.05) is 13.2 Å². The molecule has 1 aliphatic heterocycles. The van der Waals surface area contributed by atoms with Crippen molar-refractivity contribution < 1.29 is 9.47 Å². The molecule has 2 aromatic rings. The van der Waals surface area contributed by atoms with Crippen LogP contribution in [0.15, 0.2) is 43.0 Å². The lowest BCUT2D eigenvalue weighted by molar-refractivity contribution is 0.263. The fourth-order valence-electron chi connectivity index (χ4n) is 1.96. The molecule has 2 heteroatoms. The van der Waals surface area contributed by atoms with Gasteiger partial charge in [-0.2, -0.15) is 0 Å². The van der Waals surface area contributed by atoms with Gasteiger partial charge >= 0.3 is 0 Å². The molecule has 3 rings (SSSR count). The number of hydrogen-bond acceptors (Lipinski definition) is 2. The van der Waals surface area contributed by atoms with Crippen molar-refractivity contribution in [1.29, 1.82) is 0 Å².